The van der Waals surface area contributed by atoms with Gasteiger partial charge in [-0.2, -0.15) is 0 Å². The van der Waals surface area contributed by atoms with E-state index >= 15 is 0 Å². The van der Waals surface area contributed by atoms with Crippen molar-refractivity contribution in [3.8, 4) is 0 Å². The molecule has 0 fully saturated rings. The molecular formula is C9H18S2. The summed E-state index contributed by atoms with van der Waals surface area (Å²) in [6.07, 6.45) is 9.94. The Morgan fingerprint density at radius 3 is 2.36 bits per heavy atom. The van der Waals surface area contributed by atoms with Crippen molar-refractivity contribution in [3.63, 3.8) is 0 Å². The number of unbranched alkanes of at least 4 members (excludes halogenated alkanes) is 4. The summed E-state index contributed by atoms with van der Waals surface area (Å²) in [4.78, 5) is 0. The molecule has 0 atom stereocenters. The third kappa shape index (κ3) is 8.35. The molecule has 0 aromatic rings. The standard InChI is InChI=1S/C9H18S2/c1-3-4-5-6-7-8-9(10)11-2/h3-8H2,1-2H3. The second kappa shape index (κ2) is 8.54. The van der Waals surface area contributed by atoms with Crippen molar-refractivity contribution < 1.29 is 0 Å². The predicted molar refractivity (Wildman–Crippen MR) is 59.5 cm³/mol. The highest BCUT2D eigenvalue weighted by atomic mass is 32.2. The molecule has 0 saturated carbocycles. The van der Waals surface area contributed by atoms with E-state index in [1.165, 1.54) is 36.3 Å². The van der Waals surface area contributed by atoms with Crippen molar-refractivity contribution in [1.29, 1.82) is 0 Å². The summed E-state index contributed by atoms with van der Waals surface area (Å²) in [6, 6.07) is 0. The van der Waals surface area contributed by atoms with Crippen LogP contribution in [-0.4, -0.2) is 10.5 Å². The number of hydrogen-bond acceptors (Lipinski definition) is 2. The third-order valence-corrected chi connectivity index (χ3v) is 3.08. The Morgan fingerprint density at radius 2 is 1.82 bits per heavy atom. The molecule has 0 aliphatic carbocycles. The lowest BCUT2D eigenvalue weighted by Crippen LogP contribution is -1.86. The molecule has 0 bridgehead atoms. The van der Waals surface area contributed by atoms with Gasteiger partial charge in [-0.05, 0) is 19.1 Å². The number of rotatable bonds is 6. The maximum absolute atomic E-state index is 5.10. The lowest BCUT2D eigenvalue weighted by molar-refractivity contribution is 0.645. The fraction of sp³-hybridized carbons (Fsp3) is 0.889. The van der Waals surface area contributed by atoms with Crippen LogP contribution in [0.4, 0.5) is 0 Å². The summed E-state index contributed by atoms with van der Waals surface area (Å²) in [7, 11) is 0. The molecule has 66 valence electrons. The van der Waals surface area contributed by atoms with Crippen molar-refractivity contribution >= 4 is 28.2 Å². The van der Waals surface area contributed by atoms with Gasteiger partial charge in [0, 0.05) is 4.20 Å². The van der Waals surface area contributed by atoms with Gasteiger partial charge >= 0.3 is 0 Å². The second-order valence-corrected chi connectivity index (χ2v) is 4.39. The lowest BCUT2D eigenvalue weighted by Gasteiger charge is -1.99. The van der Waals surface area contributed by atoms with E-state index in [0.717, 1.165) is 6.42 Å². The second-order valence-electron chi connectivity index (χ2n) is 2.74. The monoisotopic (exact) mass is 190 g/mol. The molecule has 0 nitrogen and oxygen atoms in total. The smallest absolute Gasteiger partial charge is 0.0475 e. The number of thioether (sulfide) groups is 1. The van der Waals surface area contributed by atoms with Gasteiger partial charge in [-0.25, -0.2) is 0 Å². The van der Waals surface area contributed by atoms with E-state index in [9.17, 15) is 0 Å². The molecule has 0 unspecified atom stereocenters. The van der Waals surface area contributed by atoms with Gasteiger partial charge in [0.15, 0.2) is 0 Å². The van der Waals surface area contributed by atoms with Gasteiger partial charge in [0.2, 0.25) is 0 Å². The zero-order chi connectivity index (χ0) is 8.53. The quantitative estimate of drug-likeness (QED) is 0.458. The minimum Gasteiger partial charge on any atom is -0.122 e. The summed E-state index contributed by atoms with van der Waals surface area (Å²) in [6.45, 7) is 2.24. The normalized spacial score (nSPS) is 10.0. The zero-order valence-corrected chi connectivity index (χ0v) is 9.19. The minimum absolute atomic E-state index is 1.14. The van der Waals surface area contributed by atoms with Crippen molar-refractivity contribution in [2.45, 2.75) is 45.4 Å². The van der Waals surface area contributed by atoms with Gasteiger partial charge in [0.1, 0.15) is 0 Å². The molecule has 2 heteroatoms. The summed E-state index contributed by atoms with van der Waals surface area (Å²) in [5.74, 6) is 0. The fourth-order valence-corrected chi connectivity index (χ4v) is 1.47. The average Bonchev–Trinajstić information content (AvgIpc) is 2.04. The Balaban J connectivity index is 2.95. The first-order chi connectivity index (χ1) is 5.31. The average molecular weight is 190 g/mol. The molecule has 0 rings (SSSR count). The van der Waals surface area contributed by atoms with Gasteiger partial charge in [-0.1, -0.05) is 44.8 Å². The first-order valence-electron chi connectivity index (χ1n) is 4.38. The number of hydrogen-bond donors (Lipinski definition) is 0. The van der Waals surface area contributed by atoms with E-state index in [1.54, 1.807) is 11.8 Å². The van der Waals surface area contributed by atoms with Crippen LogP contribution in [0.15, 0.2) is 0 Å². The lowest BCUT2D eigenvalue weighted by atomic mass is 10.1. The van der Waals surface area contributed by atoms with Crippen molar-refractivity contribution in [2.75, 3.05) is 6.26 Å². The molecular weight excluding hydrogens is 172 g/mol. The predicted octanol–water partition coefficient (Wildman–Crippen LogP) is 4.04. The Morgan fingerprint density at radius 1 is 1.18 bits per heavy atom. The van der Waals surface area contributed by atoms with E-state index in [2.05, 4.69) is 13.2 Å². The third-order valence-electron chi connectivity index (χ3n) is 1.71. The van der Waals surface area contributed by atoms with Gasteiger partial charge in [0.25, 0.3) is 0 Å². The SMILES string of the molecule is CCCCCCCC(=S)SC. The highest BCUT2D eigenvalue weighted by Crippen LogP contribution is 2.10. The highest BCUT2D eigenvalue weighted by molar-refractivity contribution is 8.22. The summed E-state index contributed by atoms with van der Waals surface area (Å²) in [5.41, 5.74) is 0. The minimum atomic E-state index is 1.14. The van der Waals surface area contributed by atoms with Gasteiger partial charge in [-0.15, -0.1) is 11.8 Å². The van der Waals surface area contributed by atoms with E-state index in [4.69, 9.17) is 12.2 Å². The van der Waals surface area contributed by atoms with Crippen LogP contribution in [0, 0.1) is 0 Å². The molecule has 0 spiro atoms. The van der Waals surface area contributed by atoms with Crippen LogP contribution in [0.3, 0.4) is 0 Å². The number of thiocarbonyl (C=S) groups is 1. The van der Waals surface area contributed by atoms with Gasteiger partial charge < -0.3 is 0 Å². The summed E-state index contributed by atoms with van der Waals surface area (Å²) < 4.78 is 1.17. The van der Waals surface area contributed by atoms with Crippen molar-refractivity contribution in [2.24, 2.45) is 0 Å². The van der Waals surface area contributed by atoms with Crippen LogP contribution in [0.2, 0.25) is 0 Å². The zero-order valence-electron chi connectivity index (χ0n) is 7.56. The van der Waals surface area contributed by atoms with Crippen LogP contribution >= 0.6 is 24.0 Å². The molecule has 0 heterocycles. The molecule has 11 heavy (non-hydrogen) atoms. The molecule has 0 aliphatic rings. The van der Waals surface area contributed by atoms with Crippen LogP contribution in [-0.2, 0) is 0 Å². The maximum Gasteiger partial charge on any atom is 0.0475 e. The molecule has 0 radical (unpaired) electrons. The Hall–Kier alpha value is 0.440. The highest BCUT2D eigenvalue weighted by Gasteiger charge is 1.93. The van der Waals surface area contributed by atoms with Crippen molar-refractivity contribution in [1.82, 2.24) is 0 Å². The Bertz CT molecular complexity index is 99.7. The summed E-state index contributed by atoms with van der Waals surface area (Å²) >= 11 is 6.82. The van der Waals surface area contributed by atoms with E-state index < -0.39 is 0 Å². The van der Waals surface area contributed by atoms with Crippen LogP contribution in [0.1, 0.15) is 45.4 Å². The molecule has 0 aromatic carbocycles. The van der Waals surface area contributed by atoms with E-state index in [-0.39, 0.29) is 0 Å². The van der Waals surface area contributed by atoms with Gasteiger partial charge in [-0.3, -0.25) is 0 Å². The van der Waals surface area contributed by atoms with Gasteiger partial charge in [0.05, 0.1) is 0 Å². The van der Waals surface area contributed by atoms with E-state index in [1.807, 2.05) is 0 Å². The molecule has 0 amide bonds. The van der Waals surface area contributed by atoms with Crippen LogP contribution in [0.25, 0.3) is 0 Å². The fourth-order valence-electron chi connectivity index (χ4n) is 0.975. The molecule has 0 aliphatic heterocycles. The first-order valence-corrected chi connectivity index (χ1v) is 6.01. The van der Waals surface area contributed by atoms with Crippen molar-refractivity contribution in [3.05, 3.63) is 0 Å². The molecule has 0 N–H and O–H groups in total. The molecule has 0 aromatic heterocycles. The largest absolute Gasteiger partial charge is 0.122 e. The topological polar surface area (TPSA) is 0 Å². The van der Waals surface area contributed by atoms with Crippen LogP contribution < -0.4 is 0 Å². The summed E-state index contributed by atoms with van der Waals surface area (Å²) in [5, 5.41) is 0. The Kier molecular flexibility index (Phi) is 8.88. The molecule has 0 saturated heterocycles. The first kappa shape index (κ1) is 11.4. The maximum atomic E-state index is 5.10. The van der Waals surface area contributed by atoms with E-state index in [0.29, 0.717) is 0 Å². The Labute approximate surface area is 80.1 Å². The van der Waals surface area contributed by atoms with Crippen LogP contribution in [0.5, 0.6) is 0 Å².